The Morgan fingerprint density at radius 2 is 1.11 bits per heavy atom. The number of carbonyl (C=O) groups excluding carboxylic acids is 3. The van der Waals surface area contributed by atoms with Gasteiger partial charge in [0.1, 0.15) is 0 Å². The van der Waals surface area contributed by atoms with Gasteiger partial charge >= 0.3 is 186 Å². The molecule has 44 heavy (non-hydrogen) atoms. The van der Waals surface area contributed by atoms with Crippen LogP contribution < -0.4 is 154 Å². The molecule has 0 spiro atoms. The molecule has 2 aliphatic rings. The maximum absolute atomic E-state index is 12.3. The van der Waals surface area contributed by atoms with E-state index in [1.807, 2.05) is 0 Å². The van der Waals surface area contributed by atoms with Gasteiger partial charge in [-0.15, -0.1) is 0 Å². The number of halogens is 9. The molecule has 0 heterocycles. The minimum Gasteiger partial charge on any atom is -0.507 e. The minimum absolute atomic E-state index is 0. The van der Waals surface area contributed by atoms with Crippen LogP contribution in [-0.4, -0.2) is 70.8 Å². The summed E-state index contributed by atoms with van der Waals surface area (Å²) in [6.45, 7) is 13.8. The number of rotatable bonds is 8. The first-order valence-electron chi connectivity index (χ1n) is 11.9. The zero-order valence-electron chi connectivity index (χ0n) is 26.8. The van der Waals surface area contributed by atoms with Crippen molar-refractivity contribution < 1.29 is 227 Å². The van der Waals surface area contributed by atoms with E-state index in [-0.39, 0.29) is 177 Å². The first-order valence-corrected chi connectivity index (χ1v) is 11.9. The Balaban J connectivity index is -0.0000000641. The number of allylic oxidation sites excluding steroid dienone is 1. The van der Waals surface area contributed by atoms with Gasteiger partial charge in [-0.05, 0) is 20.8 Å². The van der Waals surface area contributed by atoms with Crippen molar-refractivity contribution in [1.82, 2.24) is 0 Å². The van der Waals surface area contributed by atoms with E-state index in [4.69, 9.17) is 5.53 Å². The van der Waals surface area contributed by atoms with Crippen LogP contribution in [0.25, 0.3) is 5.53 Å². The third kappa shape index (κ3) is 30.1. The van der Waals surface area contributed by atoms with Gasteiger partial charge in [0, 0.05) is 11.8 Å². The second kappa shape index (κ2) is 36.3. The van der Waals surface area contributed by atoms with Gasteiger partial charge in [-0.3, -0.25) is 38.5 Å². The molecule has 4 atom stereocenters. The molecule has 0 bridgehead atoms. The second-order valence-corrected chi connectivity index (χ2v) is 8.66. The van der Waals surface area contributed by atoms with Gasteiger partial charge in [-0.1, -0.05) is 37.3 Å². The molecular formula is C21H37B3F9K3N2O6. The molecule has 2 saturated carbocycles. The average Bonchev–Trinajstić information content (AvgIpc) is 3.71. The van der Waals surface area contributed by atoms with E-state index in [0.717, 1.165) is 0 Å². The number of carbonyl (C=O) groups is 3. The number of nitrogens with zero attached hydrogens (tertiary/aromatic N) is 2. The van der Waals surface area contributed by atoms with Crippen molar-refractivity contribution >= 4 is 46.2 Å². The molecule has 0 radical (unpaired) electrons. The van der Waals surface area contributed by atoms with Gasteiger partial charge in [-0.25, -0.2) is 4.79 Å². The molecule has 8 nitrogen and oxygen atoms in total. The molecular weight excluding hydrogens is 697 g/mol. The fraction of sp³-hybridized carbons (Fsp3) is 0.714. The predicted molar refractivity (Wildman–Crippen MR) is 140 cm³/mol. The monoisotopic (exact) mass is 734 g/mol. The van der Waals surface area contributed by atoms with Crippen LogP contribution in [0.3, 0.4) is 0 Å². The molecule has 0 aromatic rings. The topological polar surface area (TPSA) is 115 Å². The summed E-state index contributed by atoms with van der Waals surface area (Å²) in [4.78, 5) is 34.5. The van der Waals surface area contributed by atoms with Crippen molar-refractivity contribution in [2.75, 3.05) is 19.8 Å². The van der Waals surface area contributed by atoms with Gasteiger partial charge in [-0.2, -0.15) is 11.7 Å². The van der Waals surface area contributed by atoms with Crippen molar-refractivity contribution in [2.45, 2.75) is 65.0 Å². The zero-order chi connectivity index (χ0) is 31.4. The molecule has 0 unspecified atom stereocenters. The summed E-state index contributed by atoms with van der Waals surface area (Å²) in [5.41, 5.74) is 7.73. The molecule has 0 aliphatic heterocycles. The number of esters is 3. The maximum atomic E-state index is 12.3. The second-order valence-electron chi connectivity index (χ2n) is 8.66. The quantitative estimate of drug-likeness (QED) is 0.0368. The fourth-order valence-electron chi connectivity index (χ4n) is 2.85. The van der Waals surface area contributed by atoms with Crippen LogP contribution in [0.4, 0.5) is 39.6 Å². The molecule has 0 saturated heterocycles. The van der Waals surface area contributed by atoms with Crippen molar-refractivity contribution in [2.24, 2.45) is 11.8 Å². The Hall–Kier alpha value is 2.00. The van der Waals surface area contributed by atoms with Gasteiger partial charge < -0.3 is 43.1 Å². The summed E-state index contributed by atoms with van der Waals surface area (Å²) in [6, 6.07) is 0. The number of ether oxygens (including phenoxy) is 3. The number of hydrogen-bond acceptors (Lipinski definition) is 6. The molecule has 2 rings (SSSR count). The SMILES string of the molecule is C=[C-]C.CCOC(=O)C=[N+]=[N-].CCOC(=O)[C@@H]1C[C@]1(C)[BH-](F)F.CCOC(=O)[C@H]1C[C@]1(C)[BH-](F)F.F.F.FB(F)F.[K+].[K+].[K+]. The molecule has 23 heteroatoms. The van der Waals surface area contributed by atoms with Crippen LogP contribution in [-0.2, 0) is 28.6 Å². The van der Waals surface area contributed by atoms with E-state index in [2.05, 4.69) is 31.7 Å². The minimum atomic E-state index is -3.67. The molecule has 2 aliphatic carbocycles. The molecule has 0 aromatic carbocycles. The van der Waals surface area contributed by atoms with Crippen molar-refractivity contribution in [3.8, 4) is 0 Å². The van der Waals surface area contributed by atoms with Gasteiger partial charge in [0.15, 0.2) is 0 Å². The Morgan fingerprint density at radius 3 is 1.27 bits per heavy atom. The van der Waals surface area contributed by atoms with E-state index >= 15 is 0 Å². The largest absolute Gasteiger partial charge is 1.00 e. The first-order chi connectivity index (χ1) is 18.0. The molecule has 2 fully saturated rings. The Morgan fingerprint density at radius 1 is 0.864 bits per heavy atom. The summed E-state index contributed by atoms with van der Waals surface area (Å²) in [5, 5.41) is -2.07. The van der Waals surface area contributed by atoms with Crippen molar-refractivity contribution in [3.05, 3.63) is 18.2 Å². The van der Waals surface area contributed by atoms with Gasteiger partial charge in [0.25, 0.3) is 14.5 Å². The number of hydrogen-bond donors (Lipinski definition) is 0. The third-order valence-electron chi connectivity index (χ3n) is 5.52. The van der Waals surface area contributed by atoms with E-state index in [9.17, 15) is 44.6 Å². The van der Waals surface area contributed by atoms with E-state index in [0.29, 0.717) is 25.7 Å². The molecule has 242 valence electrons. The summed E-state index contributed by atoms with van der Waals surface area (Å²) >= 11 is 0. The normalized spacial score (nSPS) is 20.5. The summed E-state index contributed by atoms with van der Waals surface area (Å²) in [6.07, 6.45) is 3.78. The average molecular weight is 734 g/mol. The smallest absolute Gasteiger partial charge is 0.507 e. The van der Waals surface area contributed by atoms with Crippen LogP contribution in [0.1, 0.15) is 54.4 Å². The van der Waals surface area contributed by atoms with Gasteiger partial charge in [0.2, 0.25) is 0 Å². The fourth-order valence-corrected chi connectivity index (χ4v) is 2.85. The van der Waals surface area contributed by atoms with Crippen LogP contribution in [0.5, 0.6) is 0 Å². The summed E-state index contributed by atoms with van der Waals surface area (Å²) in [5.74, 6) is -2.66. The van der Waals surface area contributed by atoms with Gasteiger partial charge in [0.05, 0.1) is 19.8 Å². The van der Waals surface area contributed by atoms with Crippen LogP contribution >= 0.6 is 0 Å². The first kappa shape index (κ1) is 64.5. The molecule has 0 aromatic heterocycles. The van der Waals surface area contributed by atoms with E-state index in [1.165, 1.54) is 13.8 Å². The Kier molecular flexibility index (Phi) is 53.2. The van der Waals surface area contributed by atoms with Crippen molar-refractivity contribution in [3.63, 3.8) is 0 Å². The zero-order valence-corrected chi connectivity index (χ0v) is 36.1. The van der Waals surface area contributed by atoms with Crippen LogP contribution in [0.2, 0.25) is 10.6 Å². The Labute approximate surface area is 381 Å². The maximum Gasteiger partial charge on any atom is 1.00 e. The van der Waals surface area contributed by atoms with Crippen molar-refractivity contribution in [1.29, 1.82) is 0 Å². The molecule has 0 amide bonds. The third-order valence-corrected chi connectivity index (χ3v) is 5.52. The Bertz CT molecular complexity index is 786. The predicted octanol–water partition coefficient (Wildman–Crippen LogP) is -3.98. The van der Waals surface area contributed by atoms with Crippen LogP contribution in [0, 0.1) is 17.9 Å². The summed E-state index contributed by atoms with van der Waals surface area (Å²) in [7, 11) is -10.0. The molecule has 0 N–H and O–H groups in total. The van der Waals surface area contributed by atoms with Crippen LogP contribution in [0.15, 0.2) is 6.58 Å². The standard InChI is InChI=1S/2C7H12BF2O2.C4H6N2O2.C3H5.BF3.2FH.3K/c2*1-3-12-6(11)5-4-7(5,2)8(9)10;1-2-8-4(7)3-6-5;1-3-2;2-1(3)4;;;;;/h2*5,8H,3-4H2,1-2H3;3H,2H2,1H3;1H2,2H3;;2*1H;;;/q2*-1;;-1;;;;3*+1/t5-,7+;5-,7-;;;;;;;;/m10......../s1. The van der Waals surface area contributed by atoms with E-state index in [1.54, 1.807) is 27.7 Å². The van der Waals surface area contributed by atoms with E-state index < -0.39 is 62.5 Å². The summed E-state index contributed by atoms with van der Waals surface area (Å²) < 4.78 is 92.0.